The number of rotatable bonds is 6. The van der Waals surface area contributed by atoms with Gasteiger partial charge in [-0.1, -0.05) is 13.8 Å². The van der Waals surface area contributed by atoms with Crippen molar-refractivity contribution < 1.29 is 13.6 Å². The van der Waals surface area contributed by atoms with Crippen LogP contribution in [0.4, 0.5) is 8.78 Å². The minimum absolute atomic E-state index is 0. The lowest BCUT2D eigenvalue weighted by Gasteiger charge is -2.34. The topological polar surface area (TPSA) is 56.7 Å². The lowest BCUT2D eigenvalue weighted by molar-refractivity contribution is -0.136. The van der Waals surface area contributed by atoms with E-state index in [0.717, 1.165) is 50.9 Å². The van der Waals surface area contributed by atoms with Crippen molar-refractivity contribution in [2.75, 3.05) is 20.1 Å². The Labute approximate surface area is 183 Å². The van der Waals surface area contributed by atoms with E-state index in [9.17, 15) is 13.6 Å². The number of halogens is 3. The second-order valence-electron chi connectivity index (χ2n) is 6.92. The van der Waals surface area contributed by atoms with Gasteiger partial charge in [-0.2, -0.15) is 0 Å². The summed E-state index contributed by atoms with van der Waals surface area (Å²) in [5.74, 6) is -0.00528. The van der Waals surface area contributed by atoms with Crippen molar-refractivity contribution in [1.29, 1.82) is 0 Å². The molecule has 1 heterocycles. The van der Waals surface area contributed by atoms with Crippen molar-refractivity contribution in [3.8, 4) is 0 Å². The van der Waals surface area contributed by atoms with Gasteiger partial charge < -0.3 is 15.5 Å². The smallest absolute Gasteiger partial charge is 0.225 e. The number of likely N-dealkylation sites (tertiary alicyclic amines) is 1. The largest absolute Gasteiger partial charge is 0.354 e. The Morgan fingerprint density at radius 3 is 2.46 bits per heavy atom. The Balaban J connectivity index is 0.00000392. The average Bonchev–Trinajstić information content (AvgIpc) is 2.68. The normalized spacial score (nSPS) is 15.4. The Kier molecular flexibility index (Phi) is 10.7. The van der Waals surface area contributed by atoms with Crippen LogP contribution < -0.4 is 10.6 Å². The number of hydrogen-bond acceptors (Lipinski definition) is 2. The summed E-state index contributed by atoms with van der Waals surface area (Å²) in [7, 11) is 1.64. The maximum Gasteiger partial charge on any atom is 0.225 e. The van der Waals surface area contributed by atoms with Gasteiger partial charge >= 0.3 is 0 Å². The lowest BCUT2D eigenvalue weighted by Crippen LogP contribution is -2.50. The number of nitrogens with zero attached hydrogens (tertiary/aromatic N) is 2. The fraction of sp³-hybridized carbons (Fsp3) is 0.600. The summed E-state index contributed by atoms with van der Waals surface area (Å²) in [5, 5.41) is 6.33. The third kappa shape index (κ3) is 6.86. The van der Waals surface area contributed by atoms with Crippen LogP contribution in [0.15, 0.2) is 23.2 Å². The zero-order valence-corrected chi connectivity index (χ0v) is 19.1. The molecule has 0 aromatic heterocycles. The van der Waals surface area contributed by atoms with Crippen molar-refractivity contribution >= 4 is 35.8 Å². The van der Waals surface area contributed by atoms with Gasteiger partial charge in [-0.15, -0.1) is 24.0 Å². The molecule has 2 N–H and O–H groups in total. The molecule has 0 bridgehead atoms. The van der Waals surface area contributed by atoms with Gasteiger partial charge in [0.05, 0.1) is 0 Å². The fourth-order valence-electron chi connectivity index (χ4n) is 3.39. The highest BCUT2D eigenvalue weighted by molar-refractivity contribution is 14.0. The Bertz CT molecular complexity index is 660. The quantitative estimate of drug-likeness (QED) is 0.351. The maximum atomic E-state index is 13.7. The second-order valence-corrected chi connectivity index (χ2v) is 6.92. The van der Waals surface area contributed by atoms with Crippen LogP contribution in [0.3, 0.4) is 0 Å². The lowest BCUT2D eigenvalue weighted by atomic mass is 9.98. The van der Waals surface area contributed by atoms with E-state index in [0.29, 0.717) is 5.96 Å². The molecule has 158 valence electrons. The van der Waals surface area contributed by atoms with E-state index in [1.807, 2.05) is 4.90 Å². The molecule has 8 heteroatoms. The highest BCUT2D eigenvalue weighted by Gasteiger charge is 2.26. The van der Waals surface area contributed by atoms with Gasteiger partial charge in [0, 0.05) is 44.2 Å². The van der Waals surface area contributed by atoms with Gasteiger partial charge in [0.25, 0.3) is 0 Å². The molecule has 0 aliphatic carbocycles. The number of nitrogens with one attached hydrogen (secondary N) is 2. The van der Waals surface area contributed by atoms with E-state index in [1.165, 1.54) is 6.07 Å². The van der Waals surface area contributed by atoms with Crippen LogP contribution >= 0.6 is 24.0 Å². The Hall–Kier alpha value is -1.45. The molecule has 1 fully saturated rings. The molecule has 28 heavy (non-hydrogen) atoms. The molecule has 0 atom stereocenters. The van der Waals surface area contributed by atoms with Crippen LogP contribution in [0.2, 0.25) is 0 Å². The van der Waals surface area contributed by atoms with Crippen molar-refractivity contribution in [2.24, 2.45) is 10.9 Å². The van der Waals surface area contributed by atoms with E-state index >= 15 is 0 Å². The molecule has 5 nitrogen and oxygen atoms in total. The molecule has 1 aromatic carbocycles. The molecule has 0 spiro atoms. The van der Waals surface area contributed by atoms with Gasteiger partial charge in [0.15, 0.2) is 5.96 Å². The van der Waals surface area contributed by atoms with E-state index < -0.39 is 11.6 Å². The van der Waals surface area contributed by atoms with Crippen LogP contribution in [0.25, 0.3) is 0 Å². The van der Waals surface area contributed by atoms with E-state index in [4.69, 9.17) is 0 Å². The van der Waals surface area contributed by atoms with Crippen LogP contribution in [-0.4, -0.2) is 42.9 Å². The molecule has 0 radical (unpaired) electrons. The van der Waals surface area contributed by atoms with Crippen molar-refractivity contribution in [3.63, 3.8) is 0 Å². The van der Waals surface area contributed by atoms with Crippen molar-refractivity contribution in [3.05, 3.63) is 35.4 Å². The molecule has 1 amide bonds. The zero-order chi connectivity index (χ0) is 19.8. The first-order chi connectivity index (χ1) is 13.0. The molecule has 1 aliphatic rings. The molecule has 0 saturated carbocycles. The van der Waals surface area contributed by atoms with Gasteiger partial charge in [0.2, 0.25) is 5.91 Å². The third-order valence-electron chi connectivity index (χ3n) is 5.16. The van der Waals surface area contributed by atoms with Crippen LogP contribution in [0.5, 0.6) is 0 Å². The summed E-state index contributed by atoms with van der Waals surface area (Å²) in [6.07, 6.45) is 3.42. The predicted molar refractivity (Wildman–Crippen MR) is 119 cm³/mol. The number of piperidine rings is 1. The molecule has 1 aliphatic heterocycles. The number of carbonyl (C=O) groups excluding carboxylic acids is 1. The van der Waals surface area contributed by atoms with Crippen LogP contribution in [0, 0.1) is 17.6 Å². The highest BCUT2D eigenvalue weighted by atomic mass is 127. The number of benzene rings is 1. The SMILES string of the molecule is CCC(CC)C(=O)N1CCC(NC(=NC)NCc2cc(F)ccc2F)CC1.I. The van der Waals surface area contributed by atoms with Crippen molar-refractivity contribution in [1.82, 2.24) is 15.5 Å². The first-order valence-electron chi connectivity index (χ1n) is 9.68. The minimum Gasteiger partial charge on any atom is -0.354 e. The van der Waals surface area contributed by atoms with E-state index in [-0.39, 0.29) is 54.0 Å². The fourth-order valence-corrected chi connectivity index (χ4v) is 3.39. The highest BCUT2D eigenvalue weighted by Crippen LogP contribution is 2.17. The molecular weight excluding hydrogens is 477 g/mol. The van der Waals surface area contributed by atoms with E-state index in [1.54, 1.807) is 7.05 Å². The summed E-state index contributed by atoms with van der Waals surface area (Å²) in [6.45, 7) is 5.70. The van der Waals surface area contributed by atoms with Gasteiger partial charge in [-0.25, -0.2) is 8.78 Å². The number of hydrogen-bond donors (Lipinski definition) is 2. The van der Waals surface area contributed by atoms with Crippen molar-refractivity contribution in [2.45, 2.75) is 52.1 Å². The van der Waals surface area contributed by atoms with Crippen LogP contribution in [-0.2, 0) is 11.3 Å². The molecule has 2 rings (SSSR count). The van der Waals surface area contributed by atoms with Gasteiger partial charge in [0.1, 0.15) is 11.6 Å². The predicted octanol–water partition coefficient (Wildman–Crippen LogP) is 3.68. The minimum atomic E-state index is -0.467. The molecule has 1 saturated heterocycles. The summed E-state index contributed by atoms with van der Waals surface area (Å²) in [4.78, 5) is 18.6. The molecular formula is C20H31F2IN4O. The summed E-state index contributed by atoms with van der Waals surface area (Å²) >= 11 is 0. The number of amides is 1. The molecule has 1 aromatic rings. The number of carbonyl (C=O) groups is 1. The summed E-state index contributed by atoms with van der Waals surface area (Å²) < 4.78 is 27.0. The standard InChI is InChI=1S/C20H30F2N4O.HI/c1-4-14(5-2)19(27)26-10-8-17(9-11-26)25-20(23-3)24-13-15-12-16(21)6-7-18(15)22;/h6-7,12,14,17H,4-5,8-11,13H2,1-3H3,(H2,23,24,25);1H. The summed E-state index contributed by atoms with van der Waals surface area (Å²) in [5.41, 5.74) is 0.253. The van der Waals surface area contributed by atoms with Gasteiger partial charge in [-0.3, -0.25) is 9.79 Å². The Morgan fingerprint density at radius 2 is 1.89 bits per heavy atom. The molecule has 0 unspecified atom stereocenters. The second kappa shape index (κ2) is 12.2. The zero-order valence-electron chi connectivity index (χ0n) is 16.8. The Morgan fingerprint density at radius 1 is 1.25 bits per heavy atom. The van der Waals surface area contributed by atoms with Gasteiger partial charge in [-0.05, 0) is 43.9 Å². The van der Waals surface area contributed by atoms with E-state index in [2.05, 4.69) is 29.5 Å². The maximum absolute atomic E-state index is 13.7. The van der Waals surface area contributed by atoms with Crippen LogP contribution in [0.1, 0.15) is 45.1 Å². The average molecular weight is 508 g/mol. The summed E-state index contributed by atoms with van der Waals surface area (Å²) in [6, 6.07) is 3.59. The first kappa shape index (κ1) is 24.6. The number of guanidine groups is 1. The monoisotopic (exact) mass is 508 g/mol. The number of aliphatic imine (C=N–C) groups is 1. The first-order valence-corrected chi connectivity index (χ1v) is 9.68. The third-order valence-corrected chi connectivity index (χ3v) is 5.16.